The molecule has 1 aliphatic rings. The predicted molar refractivity (Wildman–Crippen MR) is 97.2 cm³/mol. The molecule has 3 aromatic rings. The number of fused-ring (bicyclic) bond motifs is 2. The van der Waals surface area contributed by atoms with E-state index in [0.29, 0.717) is 17.4 Å². The summed E-state index contributed by atoms with van der Waals surface area (Å²) in [5, 5.41) is 6.22. The van der Waals surface area contributed by atoms with Crippen molar-refractivity contribution in [1.82, 2.24) is 5.32 Å². The van der Waals surface area contributed by atoms with E-state index in [4.69, 9.17) is 4.42 Å². The van der Waals surface area contributed by atoms with Gasteiger partial charge in [-0.25, -0.2) is 4.79 Å². The van der Waals surface area contributed by atoms with Crippen molar-refractivity contribution in [2.45, 2.75) is 12.3 Å². The summed E-state index contributed by atoms with van der Waals surface area (Å²) in [6.45, 7) is 0.275. The predicted octanol–water partition coefficient (Wildman–Crippen LogP) is 2.65. The highest BCUT2D eigenvalue weighted by molar-refractivity contribution is 6.03. The van der Waals surface area contributed by atoms with Gasteiger partial charge in [-0.2, -0.15) is 0 Å². The fourth-order valence-electron chi connectivity index (χ4n) is 3.21. The Bertz CT molecular complexity index is 1070. The number of rotatable bonds is 4. The van der Waals surface area contributed by atoms with Gasteiger partial charge in [0.15, 0.2) is 0 Å². The molecule has 130 valence electrons. The lowest BCUT2D eigenvalue weighted by Gasteiger charge is -2.10. The minimum Gasteiger partial charge on any atom is -0.422 e. The number of hydrogen-bond acceptors (Lipinski definition) is 4. The average Bonchev–Trinajstić information content (AvgIpc) is 2.96. The van der Waals surface area contributed by atoms with Crippen LogP contribution in [0.1, 0.15) is 28.3 Å². The molecule has 26 heavy (non-hydrogen) atoms. The van der Waals surface area contributed by atoms with Gasteiger partial charge in [0.05, 0.1) is 5.92 Å². The van der Waals surface area contributed by atoms with Gasteiger partial charge in [0.25, 0.3) is 5.91 Å². The highest BCUT2D eigenvalue weighted by Gasteiger charge is 2.29. The SMILES string of the molecule is O=C(NCC[C@@H]1C(=O)Nc2ccccc21)c1cc2ccccc2oc1=O. The molecule has 6 heteroatoms. The number of hydrogen-bond donors (Lipinski definition) is 2. The van der Waals surface area contributed by atoms with E-state index in [1.54, 1.807) is 24.3 Å². The zero-order valence-corrected chi connectivity index (χ0v) is 13.8. The highest BCUT2D eigenvalue weighted by atomic mass is 16.4. The summed E-state index contributed by atoms with van der Waals surface area (Å²) in [6.07, 6.45) is 0.452. The summed E-state index contributed by atoms with van der Waals surface area (Å²) >= 11 is 0. The van der Waals surface area contributed by atoms with Crippen LogP contribution in [0, 0.1) is 0 Å². The van der Waals surface area contributed by atoms with Crippen molar-refractivity contribution >= 4 is 28.5 Å². The number of para-hydroxylation sites is 2. The lowest BCUT2D eigenvalue weighted by molar-refractivity contribution is -0.117. The van der Waals surface area contributed by atoms with Crippen molar-refractivity contribution in [3.8, 4) is 0 Å². The summed E-state index contributed by atoms with van der Waals surface area (Å²) in [5.41, 5.74) is 1.46. The molecular weight excluding hydrogens is 332 g/mol. The monoisotopic (exact) mass is 348 g/mol. The van der Waals surface area contributed by atoms with E-state index in [0.717, 1.165) is 11.3 Å². The van der Waals surface area contributed by atoms with Crippen LogP contribution >= 0.6 is 0 Å². The minimum absolute atomic E-state index is 0.0417. The quantitative estimate of drug-likeness (QED) is 0.710. The fraction of sp³-hybridized carbons (Fsp3) is 0.150. The molecule has 2 amide bonds. The summed E-state index contributed by atoms with van der Waals surface area (Å²) in [5.74, 6) is -0.888. The molecule has 1 aromatic heterocycles. The van der Waals surface area contributed by atoms with Crippen LogP contribution in [0.15, 0.2) is 63.8 Å². The lowest BCUT2D eigenvalue weighted by Crippen LogP contribution is -2.30. The van der Waals surface area contributed by atoms with Gasteiger partial charge in [-0.1, -0.05) is 36.4 Å². The normalized spacial score (nSPS) is 15.5. The highest BCUT2D eigenvalue weighted by Crippen LogP contribution is 2.33. The van der Waals surface area contributed by atoms with Gasteiger partial charge in [-0.3, -0.25) is 9.59 Å². The van der Waals surface area contributed by atoms with Crippen molar-refractivity contribution in [2.24, 2.45) is 0 Å². The maximum Gasteiger partial charge on any atom is 0.349 e. The van der Waals surface area contributed by atoms with Crippen LogP contribution < -0.4 is 16.3 Å². The Hall–Kier alpha value is -3.41. The molecule has 4 rings (SSSR count). The Morgan fingerprint density at radius 2 is 1.85 bits per heavy atom. The molecule has 1 aliphatic heterocycles. The van der Waals surface area contributed by atoms with E-state index in [2.05, 4.69) is 10.6 Å². The Kier molecular flexibility index (Phi) is 4.01. The smallest absolute Gasteiger partial charge is 0.349 e. The minimum atomic E-state index is -0.676. The largest absolute Gasteiger partial charge is 0.422 e. The van der Waals surface area contributed by atoms with Crippen LogP contribution in [0.25, 0.3) is 11.0 Å². The third kappa shape index (κ3) is 2.86. The van der Waals surface area contributed by atoms with E-state index >= 15 is 0 Å². The molecule has 0 saturated heterocycles. The molecule has 0 radical (unpaired) electrons. The van der Waals surface area contributed by atoms with Gasteiger partial charge in [-0.15, -0.1) is 0 Å². The van der Waals surface area contributed by atoms with Crippen LogP contribution in [-0.4, -0.2) is 18.4 Å². The number of carbonyl (C=O) groups excluding carboxylic acids is 2. The van der Waals surface area contributed by atoms with Crippen LogP contribution in [-0.2, 0) is 4.79 Å². The Labute approximate surface area is 148 Å². The van der Waals surface area contributed by atoms with Gasteiger partial charge in [0.1, 0.15) is 11.1 Å². The second kappa shape index (κ2) is 6.48. The molecule has 0 fully saturated rings. The van der Waals surface area contributed by atoms with Crippen LogP contribution in [0.3, 0.4) is 0 Å². The maximum atomic E-state index is 12.3. The van der Waals surface area contributed by atoms with E-state index in [1.165, 1.54) is 6.07 Å². The molecule has 2 N–H and O–H groups in total. The second-order valence-corrected chi connectivity index (χ2v) is 6.16. The molecule has 0 aliphatic carbocycles. The maximum absolute atomic E-state index is 12.3. The molecule has 6 nitrogen and oxygen atoms in total. The Balaban J connectivity index is 1.46. The first-order valence-electron chi connectivity index (χ1n) is 8.34. The number of carbonyl (C=O) groups is 2. The molecule has 0 bridgehead atoms. The third-order valence-electron chi connectivity index (χ3n) is 4.52. The summed E-state index contributed by atoms with van der Waals surface area (Å²) in [4.78, 5) is 36.4. The zero-order chi connectivity index (χ0) is 18.1. The van der Waals surface area contributed by atoms with Gasteiger partial charge >= 0.3 is 5.63 Å². The van der Waals surface area contributed by atoms with Gasteiger partial charge < -0.3 is 15.1 Å². The summed E-state index contributed by atoms with van der Waals surface area (Å²) < 4.78 is 5.18. The first-order chi connectivity index (χ1) is 12.6. The fourth-order valence-corrected chi connectivity index (χ4v) is 3.21. The van der Waals surface area contributed by atoms with E-state index in [1.807, 2.05) is 24.3 Å². The number of nitrogens with one attached hydrogen (secondary N) is 2. The van der Waals surface area contributed by atoms with Gasteiger partial charge in [0, 0.05) is 17.6 Å². The molecule has 1 atom stereocenters. The molecule has 0 unspecified atom stereocenters. The first-order valence-corrected chi connectivity index (χ1v) is 8.34. The Morgan fingerprint density at radius 3 is 2.73 bits per heavy atom. The summed E-state index contributed by atoms with van der Waals surface area (Å²) in [6, 6.07) is 16.0. The van der Waals surface area contributed by atoms with E-state index < -0.39 is 11.5 Å². The molecule has 0 spiro atoms. The molecule has 2 aromatic carbocycles. The molecule has 2 heterocycles. The third-order valence-corrected chi connectivity index (χ3v) is 4.52. The van der Waals surface area contributed by atoms with E-state index in [9.17, 15) is 14.4 Å². The number of amides is 2. The lowest BCUT2D eigenvalue weighted by atomic mass is 9.97. The Morgan fingerprint density at radius 1 is 1.08 bits per heavy atom. The van der Waals surface area contributed by atoms with Crippen molar-refractivity contribution in [3.05, 3.63) is 76.1 Å². The van der Waals surface area contributed by atoms with Crippen molar-refractivity contribution in [3.63, 3.8) is 0 Å². The second-order valence-electron chi connectivity index (χ2n) is 6.16. The average molecular weight is 348 g/mol. The molecule has 0 saturated carbocycles. The van der Waals surface area contributed by atoms with Gasteiger partial charge in [-0.05, 0) is 30.2 Å². The van der Waals surface area contributed by atoms with Crippen molar-refractivity contribution < 1.29 is 14.0 Å². The van der Waals surface area contributed by atoms with Crippen molar-refractivity contribution in [1.29, 1.82) is 0 Å². The number of anilines is 1. The summed E-state index contributed by atoms with van der Waals surface area (Å²) in [7, 11) is 0. The first kappa shape index (κ1) is 16.1. The van der Waals surface area contributed by atoms with Gasteiger partial charge in [0.2, 0.25) is 5.91 Å². The van der Waals surface area contributed by atoms with Crippen molar-refractivity contribution in [2.75, 3.05) is 11.9 Å². The van der Waals surface area contributed by atoms with E-state index in [-0.39, 0.29) is 23.9 Å². The topological polar surface area (TPSA) is 88.4 Å². The number of benzene rings is 2. The standard InChI is InChI=1S/C20H16N2O4/c23-18(15-11-12-5-1-4-8-17(12)26-20(15)25)21-10-9-14-13-6-2-3-7-16(13)22-19(14)24/h1-8,11,14H,9-10H2,(H,21,23)(H,22,24)/t14-/m0/s1. The van der Waals surface area contributed by atoms with Crippen LogP contribution in [0.2, 0.25) is 0 Å². The molecular formula is C20H16N2O4. The zero-order valence-electron chi connectivity index (χ0n) is 13.8. The van der Waals surface area contributed by atoms with Crippen LogP contribution in [0.4, 0.5) is 5.69 Å². The van der Waals surface area contributed by atoms with Crippen LogP contribution in [0.5, 0.6) is 0 Å².